The second-order valence-corrected chi connectivity index (χ2v) is 5.03. The van der Waals surface area contributed by atoms with Crippen molar-refractivity contribution in [2.45, 2.75) is 25.2 Å². The van der Waals surface area contributed by atoms with E-state index in [1.807, 2.05) is 6.92 Å². The largest absolute Gasteiger partial charge is 0.504 e. The Balaban J connectivity index is 2.62. The molecule has 1 saturated carbocycles. The highest BCUT2D eigenvalue weighted by Gasteiger charge is 2.45. The van der Waals surface area contributed by atoms with Gasteiger partial charge in [0.1, 0.15) is 0 Å². The molecular formula is C11H14BrNO2. The van der Waals surface area contributed by atoms with Crippen LogP contribution >= 0.6 is 15.9 Å². The molecule has 0 unspecified atom stereocenters. The first-order valence-corrected chi connectivity index (χ1v) is 5.73. The van der Waals surface area contributed by atoms with E-state index < -0.39 is 0 Å². The van der Waals surface area contributed by atoms with Crippen molar-refractivity contribution in [1.29, 1.82) is 0 Å². The summed E-state index contributed by atoms with van der Waals surface area (Å²) in [5.74, 6) is -0.175. The van der Waals surface area contributed by atoms with Gasteiger partial charge >= 0.3 is 0 Å². The Morgan fingerprint density at radius 2 is 2.07 bits per heavy atom. The van der Waals surface area contributed by atoms with Crippen molar-refractivity contribution in [2.24, 2.45) is 5.73 Å². The van der Waals surface area contributed by atoms with E-state index in [0.717, 1.165) is 24.0 Å². The third kappa shape index (κ3) is 1.52. The SMILES string of the molecule is Cc1cc(O)c(O)c(Br)c1C1(CN)CC1. The molecule has 15 heavy (non-hydrogen) atoms. The molecule has 1 aliphatic carbocycles. The van der Waals surface area contributed by atoms with Gasteiger partial charge in [-0.2, -0.15) is 0 Å². The maximum Gasteiger partial charge on any atom is 0.172 e. The van der Waals surface area contributed by atoms with Crippen LogP contribution in [0.15, 0.2) is 10.5 Å². The predicted molar refractivity (Wildman–Crippen MR) is 62.2 cm³/mol. The number of phenolic OH excluding ortho intramolecular Hbond substituents is 2. The lowest BCUT2D eigenvalue weighted by Gasteiger charge is -2.19. The fourth-order valence-corrected chi connectivity index (χ4v) is 3.04. The molecule has 4 N–H and O–H groups in total. The number of hydrogen-bond donors (Lipinski definition) is 3. The highest BCUT2D eigenvalue weighted by atomic mass is 79.9. The van der Waals surface area contributed by atoms with Crippen LogP contribution in [0.2, 0.25) is 0 Å². The number of phenols is 2. The molecule has 1 aliphatic rings. The maximum absolute atomic E-state index is 9.66. The van der Waals surface area contributed by atoms with Gasteiger partial charge in [-0.15, -0.1) is 0 Å². The van der Waals surface area contributed by atoms with Gasteiger partial charge in [0, 0.05) is 12.0 Å². The Morgan fingerprint density at radius 1 is 1.47 bits per heavy atom. The summed E-state index contributed by atoms with van der Waals surface area (Å²) in [6.07, 6.45) is 2.10. The van der Waals surface area contributed by atoms with E-state index in [-0.39, 0.29) is 16.9 Å². The first-order valence-electron chi connectivity index (χ1n) is 4.93. The van der Waals surface area contributed by atoms with Crippen molar-refractivity contribution in [1.82, 2.24) is 0 Å². The van der Waals surface area contributed by atoms with E-state index in [4.69, 9.17) is 5.73 Å². The highest BCUT2D eigenvalue weighted by molar-refractivity contribution is 9.10. The van der Waals surface area contributed by atoms with E-state index in [1.165, 1.54) is 0 Å². The quantitative estimate of drug-likeness (QED) is 0.723. The van der Waals surface area contributed by atoms with Crippen molar-refractivity contribution in [3.8, 4) is 11.5 Å². The van der Waals surface area contributed by atoms with Crippen molar-refractivity contribution in [3.63, 3.8) is 0 Å². The molecule has 82 valence electrons. The number of aromatic hydroxyl groups is 2. The van der Waals surface area contributed by atoms with Gasteiger partial charge in [-0.25, -0.2) is 0 Å². The normalized spacial score (nSPS) is 17.8. The topological polar surface area (TPSA) is 66.5 Å². The van der Waals surface area contributed by atoms with Crippen LogP contribution in [0.3, 0.4) is 0 Å². The van der Waals surface area contributed by atoms with Gasteiger partial charge in [0.2, 0.25) is 0 Å². The van der Waals surface area contributed by atoms with E-state index >= 15 is 0 Å². The molecule has 0 atom stereocenters. The number of aryl methyl sites for hydroxylation is 1. The summed E-state index contributed by atoms with van der Waals surface area (Å²) in [5.41, 5.74) is 7.78. The van der Waals surface area contributed by atoms with E-state index in [9.17, 15) is 10.2 Å². The number of rotatable bonds is 2. The smallest absolute Gasteiger partial charge is 0.172 e. The van der Waals surface area contributed by atoms with Gasteiger partial charge in [0.05, 0.1) is 4.47 Å². The van der Waals surface area contributed by atoms with Crippen LogP contribution in [0.25, 0.3) is 0 Å². The fraction of sp³-hybridized carbons (Fsp3) is 0.455. The standard InChI is InChI=1S/C11H14BrNO2/c1-6-4-7(14)10(15)9(12)8(6)11(5-13)2-3-11/h4,14-15H,2-3,5,13H2,1H3. The highest BCUT2D eigenvalue weighted by Crippen LogP contribution is 2.54. The lowest BCUT2D eigenvalue weighted by atomic mass is 9.91. The van der Waals surface area contributed by atoms with Gasteiger partial charge in [0.25, 0.3) is 0 Å². The van der Waals surface area contributed by atoms with Crippen LogP contribution in [0.4, 0.5) is 0 Å². The molecule has 0 radical (unpaired) electrons. The molecule has 0 bridgehead atoms. The Labute approximate surface area is 97.0 Å². The fourth-order valence-electron chi connectivity index (χ4n) is 2.11. The Bertz CT molecular complexity index is 414. The van der Waals surface area contributed by atoms with Gasteiger partial charge in [0.15, 0.2) is 11.5 Å². The predicted octanol–water partition coefficient (Wildman–Crippen LogP) is 2.16. The number of nitrogens with two attached hydrogens (primary N) is 1. The lowest BCUT2D eigenvalue weighted by Crippen LogP contribution is -2.21. The van der Waals surface area contributed by atoms with E-state index in [2.05, 4.69) is 15.9 Å². The Morgan fingerprint density at radius 3 is 2.53 bits per heavy atom. The second-order valence-electron chi connectivity index (χ2n) is 4.23. The molecule has 1 fully saturated rings. The summed E-state index contributed by atoms with van der Waals surface area (Å²) in [6, 6.07) is 1.59. The summed E-state index contributed by atoms with van der Waals surface area (Å²) >= 11 is 3.33. The maximum atomic E-state index is 9.66. The van der Waals surface area contributed by atoms with E-state index in [0.29, 0.717) is 11.0 Å². The Hall–Kier alpha value is -0.740. The molecule has 0 aromatic heterocycles. The zero-order valence-electron chi connectivity index (χ0n) is 8.55. The van der Waals surface area contributed by atoms with Gasteiger partial charge in [-0.05, 0) is 52.9 Å². The molecule has 1 aromatic rings. The second kappa shape index (κ2) is 3.39. The summed E-state index contributed by atoms with van der Waals surface area (Å²) in [5, 5.41) is 19.1. The third-order valence-corrected chi connectivity index (χ3v) is 3.96. The van der Waals surface area contributed by atoms with E-state index in [1.54, 1.807) is 6.07 Å². The molecular weight excluding hydrogens is 258 g/mol. The van der Waals surface area contributed by atoms with Gasteiger partial charge < -0.3 is 15.9 Å². The molecule has 3 nitrogen and oxygen atoms in total. The summed E-state index contributed by atoms with van der Waals surface area (Å²) < 4.78 is 0.586. The van der Waals surface area contributed by atoms with Crippen molar-refractivity contribution in [3.05, 3.63) is 21.7 Å². The number of halogens is 1. The zero-order chi connectivity index (χ0) is 11.2. The van der Waals surface area contributed by atoms with Crippen LogP contribution in [0.5, 0.6) is 11.5 Å². The molecule has 2 rings (SSSR count). The number of hydrogen-bond acceptors (Lipinski definition) is 3. The van der Waals surface area contributed by atoms with Crippen LogP contribution in [0.1, 0.15) is 24.0 Å². The minimum absolute atomic E-state index is 0.00803. The average molecular weight is 272 g/mol. The van der Waals surface area contributed by atoms with Crippen LogP contribution < -0.4 is 5.73 Å². The van der Waals surface area contributed by atoms with Crippen molar-refractivity contribution in [2.75, 3.05) is 6.54 Å². The average Bonchev–Trinajstić information content (AvgIpc) is 2.96. The number of benzene rings is 1. The molecule has 0 aliphatic heterocycles. The van der Waals surface area contributed by atoms with Crippen molar-refractivity contribution < 1.29 is 10.2 Å². The van der Waals surface area contributed by atoms with Crippen LogP contribution in [-0.4, -0.2) is 16.8 Å². The molecule has 0 saturated heterocycles. The van der Waals surface area contributed by atoms with Gasteiger partial charge in [-0.3, -0.25) is 0 Å². The lowest BCUT2D eigenvalue weighted by molar-refractivity contribution is 0.399. The Kier molecular flexibility index (Phi) is 2.43. The summed E-state index contributed by atoms with van der Waals surface area (Å²) in [7, 11) is 0. The summed E-state index contributed by atoms with van der Waals surface area (Å²) in [4.78, 5) is 0. The van der Waals surface area contributed by atoms with Gasteiger partial charge in [-0.1, -0.05) is 0 Å². The first kappa shape index (κ1) is 10.8. The third-order valence-electron chi connectivity index (χ3n) is 3.19. The zero-order valence-corrected chi connectivity index (χ0v) is 10.1. The minimum atomic E-state index is -0.0877. The molecule has 0 heterocycles. The monoisotopic (exact) mass is 271 g/mol. The summed E-state index contributed by atoms with van der Waals surface area (Å²) in [6.45, 7) is 2.51. The molecule has 1 aromatic carbocycles. The van der Waals surface area contributed by atoms with Crippen LogP contribution in [0, 0.1) is 6.92 Å². The molecule has 4 heteroatoms. The minimum Gasteiger partial charge on any atom is -0.504 e. The first-order chi connectivity index (χ1) is 7.02. The van der Waals surface area contributed by atoms with Crippen LogP contribution in [-0.2, 0) is 5.41 Å². The molecule has 0 amide bonds. The molecule has 0 spiro atoms. The van der Waals surface area contributed by atoms with Crippen molar-refractivity contribution >= 4 is 15.9 Å².